The van der Waals surface area contributed by atoms with Crippen LogP contribution in [0.5, 0.6) is 0 Å². The number of nitrogens with zero attached hydrogens (tertiary/aromatic N) is 2. The largest absolute Gasteiger partial charge is 0.288 e. The van der Waals surface area contributed by atoms with E-state index in [1.807, 2.05) is 6.08 Å². The van der Waals surface area contributed by atoms with Crippen molar-refractivity contribution in [3.8, 4) is 0 Å². The second kappa shape index (κ2) is 5.18. The molecule has 0 unspecified atom stereocenters. The zero-order valence-electron chi connectivity index (χ0n) is 10.8. The van der Waals surface area contributed by atoms with E-state index in [0.717, 1.165) is 12.8 Å². The molecule has 0 bridgehead atoms. The van der Waals surface area contributed by atoms with Crippen LogP contribution in [0, 0.1) is 5.92 Å². The SMILES string of the molecule is CN1C(=O)C(=CC2CCCCC2)C(=O)N(C)C1=S. The van der Waals surface area contributed by atoms with E-state index < -0.39 is 0 Å². The molecular weight excluding hydrogens is 248 g/mol. The Balaban J connectivity index is 2.24. The lowest BCUT2D eigenvalue weighted by Gasteiger charge is -2.32. The van der Waals surface area contributed by atoms with Gasteiger partial charge in [0.1, 0.15) is 5.57 Å². The molecule has 2 aliphatic rings. The van der Waals surface area contributed by atoms with E-state index in [2.05, 4.69) is 0 Å². The quantitative estimate of drug-likeness (QED) is 0.412. The highest BCUT2D eigenvalue weighted by Crippen LogP contribution is 2.27. The molecule has 0 aromatic carbocycles. The third kappa shape index (κ3) is 2.32. The maximum Gasteiger partial charge on any atom is 0.265 e. The van der Waals surface area contributed by atoms with Crippen molar-refractivity contribution >= 4 is 29.1 Å². The van der Waals surface area contributed by atoms with Crippen LogP contribution in [0.1, 0.15) is 32.1 Å². The van der Waals surface area contributed by atoms with Gasteiger partial charge in [-0.2, -0.15) is 0 Å². The predicted molar refractivity (Wildman–Crippen MR) is 72.8 cm³/mol. The lowest BCUT2D eigenvalue weighted by atomic mass is 9.87. The number of carbonyl (C=O) groups is 2. The van der Waals surface area contributed by atoms with E-state index in [-0.39, 0.29) is 22.5 Å². The van der Waals surface area contributed by atoms with Gasteiger partial charge in [0.05, 0.1) is 0 Å². The summed E-state index contributed by atoms with van der Waals surface area (Å²) in [6.07, 6.45) is 7.62. The van der Waals surface area contributed by atoms with Crippen molar-refractivity contribution in [1.29, 1.82) is 0 Å². The number of thiocarbonyl (C=S) groups is 1. The van der Waals surface area contributed by atoms with Crippen LogP contribution in [0.4, 0.5) is 0 Å². The van der Waals surface area contributed by atoms with Gasteiger partial charge >= 0.3 is 0 Å². The lowest BCUT2D eigenvalue weighted by Crippen LogP contribution is -2.53. The maximum atomic E-state index is 12.1. The monoisotopic (exact) mass is 266 g/mol. The minimum atomic E-state index is -0.270. The maximum absolute atomic E-state index is 12.1. The topological polar surface area (TPSA) is 40.6 Å². The molecular formula is C13H18N2O2S. The minimum absolute atomic E-state index is 0.269. The Labute approximate surface area is 113 Å². The Kier molecular flexibility index (Phi) is 3.80. The molecule has 0 atom stereocenters. The van der Waals surface area contributed by atoms with E-state index in [1.54, 1.807) is 14.1 Å². The van der Waals surface area contributed by atoms with E-state index >= 15 is 0 Å². The number of amides is 2. The highest BCUT2D eigenvalue weighted by atomic mass is 32.1. The third-order valence-corrected chi connectivity index (χ3v) is 4.24. The van der Waals surface area contributed by atoms with Crippen molar-refractivity contribution in [3.05, 3.63) is 11.6 Å². The molecule has 1 aliphatic heterocycles. The van der Waals surface area contributed by atoms with Gasteiger partial charge in [-0.1, -0.05) is 25.3 Å². The fourth-order valence-corrected chi connectivity index (χ4v) is 2.70. The average Bonchev–Trinajstić information content (AvgIpc) is 2.40. The molecule has 0 radical (unpaired) electrons. The third-order valence-electron chi connectivity index (χ3n) is 3.70. The first kappa shape index (κ1) is 13.2. The molecule has 1 heterocycles. The molecule has 1 saturated heterocycles. The Morgan fingerprint density at radius 3 is 2.06 bits per heavy atom. The molecule has 1 aliphatic carbocycles. The van der Waals surface area contributed by atoms with E-state index in [0.29, 0.717) is 5.92 Å². The standard InChI is InChI=1S/C13H18N2O2S/c1-14-11(16)10(12(17)15(2)13(14)18)8-9-6-4-3-5-7-9/h8-9H,3-7H2,1-2H3. The Bertz CT molecular complexity index is 399. The number of carbonyl (C=O) groups excluding carboxylic acids is 2. The summed E-state index contributed by atoms with van der Waals surface area (Å²) >= 11 is 5.05. The second-order valence-corrected chi connectivity index (χ2v) is 5.35. The smallest absolute Gasteiger partial charge is 0.265 e. The zero-order chi connectivity index (χ0) is 13.3. The van der Waals surface area contributed by atoms with Gasteiger partial charge in [0.2, 0.25) is 0 Å². The Hall–Kier alpha value is -1.23. The van der Waals surface area contributed by atoms with Gasteiger partial charge in [-0.15, -0.1) is 0 Å². The molecule has 0 N–H and O–H groups in total. The van der Waals surface area contributed by atoms with Crippen molar-refractivity contribution in [2.45, 2.75) is 32.1 Å². The van der Waals surface area contributed by atoms with Crippen LogP contribution in [0.3, 0.4) is 0 Å². The average molecular weight is 266 g/mol. The van der Waals surface area contributed by atoms with Gasteiger partial charge in [-0.3, -0.25) is 19.4 Å². The molecule has 98 valence electrons. The zero-order valence-corrected chi connectivity index (χ0v) is 11.6. The Morgan fingerprint density at radius 1 is 1.06 bits per heavy atom. The number of hydrogen-bond donors (Lipinski definition) is 0. The highest BCUT2D eigenvalue weighted by molar-refractivity contribution is 7.80. The number of allylic oxidation sites excluding steroid dienone is 1. The normalized spacial score (nSPS) is 22.8. The summed E-state index contributed by atoms with van der Waals surface area (Å²) in [7, 11) is 3.23. The predicted octanol–water partition coefficient (Wildman–Crippen LogP) is 1.71. The van der Waals surface area contributed by atoms with E-state index in [9.17, 15) is 9.59 Å². The Morgan fingerprint density at radius 2 is 1.56 bits per heavy atom. The minimum Gasteiger partial charge on any atom is -0.288 e. The van der Waals surface area contributed by atoms with Crippen molar-refractivity contribution in [3.63, 3.8) is 0 Å². The highest BCUT2D eigenvalue weighted by Gasteiger charge is 2.35. The molecule has 0 aromatic rings. The molecule has 2 rings (SSSR count). The molecule has 0 spiro atoms. The number of hydrogen-bond acceptors (Lipinski definition) is 3. The summed E-state index contributed by atoms with van der Waals surface area (Å²) in [6, 6.07) is 0. The van der Waals surface area contributed by atoms with Gasteiger partial charge in [-0.05, 0) is 31.0 Å². The first-order valence-corrected chi connectivity index (χ1v) is 6.75. The van der Waals surface area contributed by atoms with Gasteiger partial charge in [0, 0.05) is 14.1 Å². The molecule has 1 saturated carbocycles. The summed E-state index contributed by atoms with van der Waals surface area (Å²) in [5.41, 5.74) is 0.278. The van der Waals surface area contributed by atoms with Crippen LogP contribution in [-0.4, -0.2) is 40.8 Å². The molecule has 5 heteroatoms. The molecule has 4 nitrogen and oxygen atoms in total. The lowest BCUT2D eigenvalue weighted by molar-refractivity contribution is -0.132. The summed E-state index contributed by atoms with van der Waals surface area (Å²) < 4.78 is 0. The summed E-state index contributed by atoms with van der Waals surface area (Å²) in [5.74, 6) is -0.183. The van der Waals surface area contributed by atoms with Crippen molar-refractivity contribution in [2.75, 3.05) is 14.1 Å². The molecule has 0 aromatic heterocycles. The first-order chi connectivity index (χ1) is 8.52. The molecule has 18 heavy (non-hydrogen) atoms. The van der Waals surface area contributed by atoms with Gasteiger partial charge in [0.15, 0.2) is 5.11 Å². The fraction of sp³-hybridized carbons (Fsp3) is 0.615. The molecule has 2 fully saturated rings. The van der Waals surface area contributed by atoms with Crippen LogP contribution in [0.15, 0.2) is 11.6 Å². The summed E-state index contributed by atoms with van der Waals surface area (Å²) in [5, 5.41) is 0.269. The first-order valence-electron chi connectivity index (χ1n) is 6.34. The van der Waals surface area contributed by atoms with E-state index in [4.69, 9.17) is 12.2 Å². The molecule has 2 amide bonds. The van der Waals surface area contributed by atoms with Gasteiger partial charge in [-0.25, -0.2) is 0 Å². The summed E-state index contributed by atoms with van der Waals surface area (Å²) in [4.78, 5) is 26.9. The van der Waals surface area contributed by atoms with E-state index in [1.165, 1.54) is 29.1 Å². The fourth-order valence-electron chi connectivity index (χ4n) is 2.53. The van der Waals surface area contributed by atoms with Crippen molar-refractivity contribution in [2.24, 2.45) is 5.92 Å². The number of rotatable bonds is 1. The van der Waals surface area contributed by atoms with Gasteiger partial charge < -0.3 is 0 Å². The van der Waals surface area contributed by atoms with Crippen LogP contribution in [0.25, 0.3) is 0 Å². The second-order valence-electron chi connectivity index (χ2n) is 4.99. The van der Waals surface area contributed by atoms with Crippen LogP contribution in [-0.2, 0) is 9.59 Å². The van der Waals surface area contributed by atoms with Crippen molar-refractivity contribution < 1.29 is 9.59 Å². The van der Waals surface area contributed by atoms with Crippen molar-refractivity contribution in [1.82, 2.24) is 9.80 Å². The summed E-state index contributed by atoms with van der Waals surface area (Å²) in [6.45, 7) is 0. The number of likely N-dealkylation sites (N-methyl/N-ethyl adjacent to an activating group) is 2. The van der Waals surface area contributed by atoms with Crippen LogP contribution < -0.4 is 0 Å². The van der Waals surface area contributed by atoms with Crippen LogP contribution in [0.2, 0.25) is 0 Å². The van der Waals surface area contributed by atoms with Gasteiger partial charge in [0.25, 0.3) is 11.8 Å². The van der Waals surface area contributed by atoms with Crippen LogP contribution >= 0.6 is 12.2 Å².